The fourth-order valence-electron chi connectivity index (χ4n) is 3.07. The van der Waals surface area contributed by atoms with Gasteiger partial charge in [-0.25, -0.2) is 4.67 Å². The van der Waals surface area contributed by atoms with Crippen molar-refractivity contribution >= 4 is 17.9 Å². The molecule has 0 amide bonds. The molecule has 0 bridgehead atoms. The second-order valence-electron chi connectivity index (χ2n) is 5.64. The Balaban J connectivity index is 2.00. The van der Waals surface area contributed by atoms with Gasteiger partial charge in [0, 0.05) is 36.8 Å². The van der Waals surface area contributed by atoms with Gasteiger partial charge in [-0.3, -0.25) is 4.57 Å². The second kappa shape index (κ2) is 6.78. The molecule has 0 aromatic heterocycles. The zero-order valence-corrected chi connectivity index (χ0v) is 14.0. The molecule has 22 heavy (non-hydrogen) atoms. The molecule has 3 nitrogen and oxygen atoms in total. The lowest BCUT2D eigenvalue weighted by Crippen LogP contribution is -2.47. The first-order valence-corrected chi connectivity index (χ1v) is 9.60. The molecule has 1 aliphatic heterocycles. The molecule has 4 heteroatoms. The molecule has 1 saturated heterocycles. The van der Waals surface area contributed by atoms with Gasteiger partial charge in [0.1, 0.15) is 0 Å². The summed E-state index contributed by atoms with van der Waals surface area (Å²) in [6, 6.07) is 19.9. The number of hydrogen-bond donors (Lipinski definition) is 0. The van der Waals surface area contributed by atoms with Gasteiger partial charge in [0.15, 0.2) is 0 Å². The van der Waals surface area contributed by atoms with Crippen LogP contribution in [0, 0.1) is 0 Å². The van der Waals surface area contributed by atoms with Gasteiger partial charge in [0.2, 0.25) is 7.29 Å². The Morgan fingerprint density at radius 3 is 1.68 bits per heavy atom. The molecular formula is C18H23N2OP. The first-order chi connectivity index (χ1) is 10.7. The topological polar surface area (TPSA) is 23.6 Å². The van der Waals surface area contributed by atoms with Crippen molar-refractivity contribution in [1.82, 2.24) is 9.57 Å². The third kappa shape index (κ3) is 2.89. The summed E-state index contributed by atoms with van der Waals surface area (Å²) in [6.45, 7) is 6.93. The molecular weight excluding hydrogens is 291 g/mol. The number of benzene rings is 2. The van der Waals surface area contributed by atoms with Gasteiger partial charge in [0.05, 0.1) is 0 Å². The lowest BCUT2D eigenvalue weighted by atomic mass is 10.4. The van der Waals surface area contributed by atoms with Crippen molar-refractivity contribution in [1.29, 1.82) is 0 Å². The molecule has 0 aliphatic carbocycles. The predicted molar refractivity (Wildman–Crippen MR) is 93.4 cm³/mol. The number of piperazine rings is 1. The number of rotatable bonds is 4. The van der Waals surface area contributed by atoms with Crippen LogP contribution in [0.2, 0.25) is 0 Å². The molecule has 2 aromatic rings. The van der Waals surface area contributed by atoms with E-state index < -0.39 is 7.29 Å². The van der Waals surface area contributed by atoms with Crippen LogP contribution >= 0.6 is 7.29 Å². The highest BCUT2D eigenvalue weighted by molar-refractivity contribution is 7.76. The summed E-state index contributed by atoms with van der Waals surface area (Å²) in [5, 5.41) is 1.87. The van der Waals surface area contributed by atoms with E-state index in [0.29, 0.717) is 0 Å². The van der Waals surface area contributed by atoms with E-state index in [2.05, 4.69) is 16.5 Å². The number of likely N-dealkylation sites (N-methyl/N-ethyl adjacent to an activating group) is 1. The lowest BCUT2D eigenvalue weighted by Gasteiger charge is -2.39. The summed E-state index contributed by atoms with van der Waals surface area (Å²) in [5.74, 6) is 0. The van der Waals surface area contributed by atoms with Crippen LogP contribution in [-0.4, -0.2) is 42.3 Å². The molecule has 0 N–H and O–H groups in total. The standard InChI is InChI=1S/C18H23N2OP/c1-2-19-13-15-20(16-14-19)22(21,17-9-5-3-6-10-17)18-11-7-4-8-12-18/h3-12H,2,13-16H2,1H3. The van der Waals surface area contributed by atoms with Crippen molar-refractivity contribution in [3.63, 3.8) is 0 Å². The minimum atomic E-state index is -2.73. The molecule has 0 radical (unpaired) electrons. The zero-order chi connectivity index (χ0) is 15.4. The fraction of sp³-hybridized carbons (Fsp3) is 0.333. The van der Waals surface area contributed by atoms with E-state index in [1.165, 1.54) is 0 Å². The first-order valence-electron chi connectivity index (χ1n) is 7.94. The van der Waals surface area contributed by atoms with Crippen LogP contribution in [0.25, 0.3) is 0 Å². The van der Waals surface area contributed by atoms with Gasteiger partial charge in [-0.05, 0) is 30.8 Å². The Hall–Kier alpha value is -1.41. The maximum atomic E-state index is 14.1. The quantitative estimate of drug-likeness (QED) is 0.810. The highest BCUT2D eigenvalue weighted by Gasteiger charge is 2.36. The maximum absolute atomic E-state index is 14.1. The number of nitrogens with zero attached hydrogens (tertiary/aromatic N) is 2. The molecule has 3 rings (SSSR count). The van der Waals surface area contributed by atoms with Crippen LogP contribution in [0.15, 0.2) is 60.7 Å². The summed E-state index contributed by atoms with van der Waals surface area (Å²) in [7, 11) is -2.73. The van der Waals surface area contributed by atoms with Crippen molar-refractivity contribution in [2.24, 2.45) is 0 Å². The monoisotopic (exact) mass is 314 g/mol. The SMILES string of the molecule is CCN1CCN(P(=O)(c2ccccc2)c2ccccc2)CC1. The lowest BCUT2D eigenvalue weighted by molar-refractivity contribution is 0.197. The van der Waals surface area contributed by atoms with E-state index >= 15 is 0 Å². The summed E-state index contributed by atoms with van der Waals surface area (Å²) in [4.78, 5) is 2.41. The third-order valence-corrected chi connectivity index (χ3v) is 7.60. The van der Waals surface area contributed by atoms with Gasteiger partial charge < -0.3 is 4.90 Å². The molecule has 1 aliphatic rings. The smallest absolute Gasteiger partial charge is 0.207 e. The van der Waals surface area contributed by atoms with E-state index in [9.17, 15) is 4.57 Å². The molecule has 0 saturated carbocycles. The largest absolute Gasteiger partial charge is 0.301 e. The van der Waals surface area contributed by atoms with Gasteiger partial charge >= 0.3 is 0 Å². The second-order valence-corrected chi connectivity index (χ2v) is 8.39. The molecule has 0 spiro atoms. The molecule has 1 fully saturated rings. The Bertz CT molecular complexity index is 593. The summed E-state index contributed by atoms with van der Waals surface area (Å²) >= 11 is 0. The normalized spacial score (nSPS) is 17.5. The highest BCUT2D eigenvalue weighted by Crippen LogP contribution is 2.47. The number of hydrogen-bond acceptors (Lipinski definition) is 2. The van der Waals surface area contributed by atoms with Gasteiger partial charge in [-0.2, -0.15) is 0 Å². The predicted octanol–water partition coefficient (Wildman–Crippen LogP) is 2.55. The molecule has 0 unspecified atom stereocenters. The van der Waals surface area contributed by atoms with Crippen LogP contribution in [-0.2, 0) is 4.57 Å². The van der Waals surface area contributed by atoms with E-state index in [1.807, 2.05) is 60.7 Å². The maximum Gasteiger partial charge on any atom is 0.207 e. The molecule has 2 aromatic carbocycles. The average molecular weight is 314 g/mol. The highest BCUT2D eigenvalue weighted by atomic mass is 31.2. The van der Waals surface area contributed by atoms with Crippen molar-refractivity contribution in [3.8, 4) is 0 Å². The van der Waals surface area contributed by atoms with Gasteiger partial charge in [-0.15, -0.1) is 0 Å². The van der Waals surface area contributed by atoms with E-state index in [4.69, 9.17) is 0 Å². The van der Waals surface area contributed by atoms with Crippen molar-refractivity contribution in [2.75, 3.05) is 32.7 Å². The Kier molecular flexibility index (Phi) is 4.77. The Labute approximate surface area is 133 Å². The van der Waals surface area contributed by atoms with Gasteiger partial charge in [-0.1, -0.05) is 43.3 Å². The molecule has 1 heterocycles. The summed E-state index contributed by atoms with van der Waals surface area (Å²) in [5.41, 5.74) is 0. The first kappa shape index (κ1) is 15.5. The third-order valence-electron chi connectivity index (χ3n) is 4.41. The summed E-state index contributed by atoms with van der Waals surface area (Å²) < 4.78 is 16.3. The summed E-state index contributed by atoms with van der Waals surface area (Å²) in [6.07, 6.45) is 0. The van der Waals surface area contributed by atoms with Crippen LogP contribution in [0.3, 0.4) is 0 Å². The average Bonchev–Trinajstić information content (AvgIpc) is 2.62. The van der Waals surface area contributed by atoms with Gasteiger partial charge in [0.25, 0.3) is 0 Å². The minimum Gasteiger partial charge on any atom is -0.301 e. The van der Waals surface area contributed by atoms with Crippen LogP contribution in [0.4, 0.5) is 0 Å². The van der Waals surface area contributed by atoms with Crippen molar-refractivity contribution in [3.05, 3.63) is 60.7 Å². The van der Waals surface area contributed by atoms with Crippen molar-refractivity contribution < 1.29 is 4.57 Å². The van der Waals surface area contributed by atoms with E-state index in [-0.39, 0.29) is 0 Å². The Morgan fingerprint density at radius 2 is 1.27 bits per heavy atom. The van der Waals surface area contributed by atoms with Crippen LogP contribution in [0.1, 0.15) is 6.92 Å². The minimum absolute atomic E-state index is 0.856. The van der Waals surface area contributed by atoms with Crippen LogP contribution in [0.5, 0.6) is 0 Å². The van der Waals surface area contributed by atoms with E-state index in [1.54, 1.807) is 0 Å². The Morgan fingerprint density at radius 1 is 0.818 bits per heavy atom. The molecule has 0 atom stereocenters. The van der Waals surface area contributed by atoms with Crippen molar-refractivity contribution in [2.45, 2.75) is 6.92 Å². The van der Waals surface area contributed by atoms with Crippen LogP contribution < -0.4 is 10.6 Å². The zero-order valence-electron chi connectivity index (χ0n) is 13.1. The van der Waals surface area contributed by atoms with E-state index in [0.717, 1.165) is 43.3 Å². The fourth-order valence-corrected chi connectivity index (χ4v) is 5.92. The molecule has 116 valence electrons.